The molecule has 0 saturated carbocycles. The summed E-state index contributed by atoms with van der Waals surface area (Å²) >= 11 is 1.26. The van der Waals surface area contributed by atoms with Gasteiger partial charge in [0.15, 0.2) is 0 Å². The van der Waals surface area contributed by atoms with Crippen LogP contribution in [0.15, 0.2) is 78.0 Å². The van der Waals surface area contributed by atoms with Gasteiger partial charge in [0.25, 0.3) is 0 Å². The first kappa shape index (κ1) is 20.7. The van der Waals surface area contributed by atoms with E-state index < -0.39 is 5.25 Å². The Hall–Kier alpha value is -3.52. The molecule has 1 unspecified atom stereocenters. The van der Waals surface area contributed by atoms with Gasteiger partial charge in [-0.2, -0.15) is 4.68 Å². The Bertz CT molecular complexity index is 1190. The fraction of sp³-hybridized carbons (Fsp3) is 0.130. The number of rotatable bonds is 6. The summed E-state index contributed by atoms with van der Waals surface area (Å²) in [7, 11) is 0. The van der Waals surface area contributed by atoms with Crippen molar-refractivity contribution < 1.29 is 9.18 Å². The lowest BCUT2D eigenvalue weighted by Gasteiger charge is -2.17. The normalized spacial score (nSPS) is 11.8. The second-order valence-corrected chi connectivity index (χ2v) is 8.07. The van der Waals surface area contributed by atoms with Crippen molar-refractivity contribution in [1.29, 1.82) is 0 Å². The van der Waals surface area contributed by atoms with Gasteiger partial charge in [-0.15, -0.1) is 5.10 Å². The van der Waals surface area contributed by atoms with Crippen LogP contribution in [0, 0.1) is 19.7 Å². The van der Waals surface area contributed by atoms with Gasteiger partial charge in [0.05, 0.1) is 5.69 Å². The fourth-order valence-corrected chi connectivity index (χ4v) is 4.10. The Morgan fingerprint density at radius 2 is 1.74 bits per heavy atom. The number of thioether (sulfide) groups is 1. The molecule has 6 nitrogen and oxygen atoms in total. The molecule has 0 radical (unpaired) electrons. The van der Waals surface area contributed by atoms with Crippen LogP contribution in [-0.2, 0) is 4.79 Å². The van der Waals surface area contributed by atoms with Gasteiger partial charge in [0.1, 0.15) is 11.1 Å². The summed E-state index contributed by atoms with van der Waals surface area (Å²) in [6.45, 7) is 4.04. The molecule has 0 bridgehead atoms. The highest BCUT2D eigenvalue weighted by molar-refractivity contribution is 8.00. The minimum absolute atomic E-state index is 0.252. The van der Waals surface area contributed by atoms with E-state index in [1.54, 1.807) is 4.68 Å². The molecule has 1 atom stereocenters. The maximum absolute atomic E-state index is 13.2. The lowest BCUT2D eigenvalue weighted by Crippen LogP contribution is -2.19. The molecule has 0 aliphatic heterocycles. The minimum Gasteiger partial charge on any atom is -0.325 e. The van der Waals surface area contributed by atoms with Gasteiger partial charge in [-0.05, 0) is 71.3 Å². The molecule has 4 aromatic rings. The number of hydrogen-bond acceptors (Lipinski definition) is 5. The maximum Gasteiger partial charge on any atom is 0.242 e. The largest absolute Gasteiger partial charge is 0.325 e. The molecule has 0 spiro atoms. The van der Waals surface area contributed by atoms with Crippen LogP contribution >= 0.6 is 11.8 Å². The molecule has 4 rings (SSSR count). The van der Waals surface area contributed by atoms with E-state index in [-0.39, 0.29) is 11.7 Å². The summed E-state index contributed by atoms with van der Waals surface area (Å²) in [5.74, 6) is -0.613. The van der Waals surface area contributed by atoms with Crippen molar-refractivity contribution in [2.24, 2.45) is 0 Å². The predicted molar refractivity (Wildman–Crippen MR) is 119 cm³/mol. The number of tetrazole rings is 1. The quantitative estimate of drug-likeness (QED) is 0.438. The standard InChI is InChI=1S/C23H20FN5OS/c1-15-7-6-10-20(16(15)2)29-23(26-27-28-29)31-21(17-8-4-3-5-9-17)22(30)25-19-13-11-18(24)12-14-19/h3-14,21H,1-2H3,(H,25,30). The van der Waals surface area contributed by atoms with Crippen LogP contribution in [0.1, 0.15) is 21.9 Å². The molecule has 3 aromatic carbocycles. The molecule has 0 aliphatic rings. The molecule has 156 valence electrons. The molecule has 8 heteroatoms. The molecule has 0 saturated heterocycles. The first-order valence-electron chi connectivity index (χ1n) is 9.66. The van der Waals surface area contributed by atoms with Crippen molar-refractivity contribution in [1.82, 2.24) is 20.2 Å². The Balaban J connectivity index is 1.67. The van der Waals surface area contributed by atoms with E-state index >= 15 is 0 Å². The number of carbonyl (C=O) groups is 1. The summed E-state index contributed by atoms with van der Waals surface area (Å²) in [5, 5.41) is 14.9. The molecule has 1 N–H and O–H groups in total. The van der Waals surface area contributed by atoms with Crippen molar-refractivity contribution in [3.8, 4) is 5.69 Å². The molecule has 1 amide bonds. The number of nitrogens with zero attached hydrogens (tertiary/aromatic N) is 4. The smallest absolute Gasteiger partial charge is 0.242 e. The van der Waals surface area contributed by atoms with Gasteiger partial charge < -0.3 is 5.32 Å². The van der Waals surface area contributed by atoms with E-state index in [2.05, 4.69) is 20.8 Å². The van der Waals surface area contributed by atoms with Crippen LogP contribution in [0.4, 0.5) is 10.1 Å². The van der Waals surface area contributed by atoms with E-state index in [1.165, 1.54) is 36.0 Å². The molecule has 1 heterocycles. The van der Waals surface area contributed by atoms with Crippen molar-refractivity contribution in [3.63, 3.8) is 0 Å². The Kier molecular flexibility index (Phi) is 6.08. The van der Waals surface area contributed by atoms with Gasteiger partial charge in [-0.25, -0.2) is 4.39 Å². The topological polar surface area (TPSA) is 72.7 Å². The summed E-state index contributed by atoms with van der Waals surface area (Å²) in [6, 6.07) is 21.0. The minimum atomic E-state index is -0.610. The number of nitrogens with one attached hydrogen (secondary N) is 1. The average Bonchev–Trinajstić information content (AvgIpc) is 3.24. The van der Waals surface area contributed by atoms with Crippen molar-refractivity contribution in [2.45, 2.75) is 24.3 Å². The lowest BCUT2D eigenvalue weighted by atomic mass is 10.1. The number of amides is 1. The third-order valence-electron chi connectivity index (χ3n) is 4.92. The number of hydrogen-bond donors (Lipinski definition) is 1. The maximum atomic E-state index is 13.2. The van der Waals surface area contributed by atoms with E-state index in [9.17, 15) is 9.18 Å². The van der Waals surface area contributed by atoms with Gasteiger partial charge in [-0.1, -0.05) is 54.2 Å². The van der Waals surface area contributed by atoms with Crippen molar-refractivity contribution >= 4 is 23.4 Å². The fourth-order valence-electron chi connectivity index (χ4n) is 3.12. The van der Waals surface area contributed by atoms with E-state index in [4.69, 9.17) is 0 Å². The van der Waals surface area contributed by atoms with Crippen LogP contribution in [-0.4, -0.2) is 26.1 Å². The number of anilines is 1. The zero-order valence-corrected chi connectivity index (χ0v) is 17.8. The van der Waals surface area contributed by atoms with Crippen LogP contribution in [0.5, 0.6) is 0 Å². The average molecular weight is 434 g/mol. The molecule has 0 aliphatic carbocycles. The number of benzene rings is 3. The number of aromatic nitrogens is 4. The first-order valence-corrected chi connectivity index (χ1v) is 10.5. The van der Waals surface area contributed by atoms with Crippen LogP contribution < -0.4 is 5.32 Å². The predicted octanol–water partition coefficient (Wildman–Crippen LogP) is 4.89. The second-order valence-electron chi connectivity index (χ2n) is 7.00. The number of carbonyl (C=O) groups excluding carboxylic acids is 1. The zero-order chi connectivity index (χ0) is 21.8. The highest BCUT2D eigenvalue weighted by Crippen LogP contribution is 2.36. The Morgan fingerprint density at radius 1 is 1.00 bits per heavy atom. The zero-order valence-electron chi connectivity index (χ0n) is 17.0. The lowest BCUT2D eigenvalue weighted by molar-refractivity contribution is -0.115. The molecule has 31 heavy (non-hydrogen) atoms. The highest BCUT2D eigenvalue weighted by atomic mass is 32.2. The third kappa shape index (κ3) is 4.64. The Labute approximate surface area is 183 Å². The van der Waals surface area contributed by atoms with Gasteiger partial charge >= 0.3 is 0 Å². The summed E-state index contributed by atoms with van der Waals surface area (Å²) in [4.78, 5) is 13.2. The summed E-state index contributed by atoms with van der Waals surface area (Å²) in [5.41, 5.74) is 4.37. The van der Waals surface area contributed by atoms with Crippen molar-refractivity contribution in [3.05, 3.63) is 95.3 Å². The van der Waals surface area contributed by atoms with Crippen LogP contribution in [0.25, 0.3) is 5.69 Å². The van der Waals surface area contributed by atoms with Crippen molar-refractivity contribution in [2.75, 3.05) is 5.32 Å². The number of aryl methyl sites for hydroxylation is 1. The Morgan fingerprint density at radius 3 is 2.48 bits per heavy atom. The number of halogens is 1. The highest BCUT2D eigenvalue weighted by Gasteiger charge is 2.26. The van der Waals surface area contributed by atoms with E-state index in [0.29, 0.717) is 10.8 Å². The monoisotopic (exact) mass is 433 g/mol. The van der Waals surface area contributed by atoms with Gasteiger partial charge in [0.2, 0.25) is 11.1 Å². The van der Waals surface area contributed by atoms with E-state index in [1.807, 2.05) is 62.4 Å². The summed E-state index contributed by atoms with van der Waals surface area (Å²) in [6.07, 6.45) is 0. The second kappa shape index (κ2) is 9.09. The molecule has 0 fully saturated rings. The molecular weight excluding hydrogens is 413 g/mol. The SMILES string of the molecule is Cc1cccc(-n2nnnc2SC(C(=O)Nc2ccc(F)cc2)c2ccccc2)c1C. The van der Waals surface area contributed by atoms with Crippen LogP contribution in [0.2, 0.25) is 0 Å². The van der Waals surface area contributed by atoms with Crippen LogP contribution in [0.3, 0.4) is 0 Å². The summed E-state index contributed by atoms with van der Waals surface area (Å²) < 4.78 is 14.9. The van der Waals surface area contributed by atoms with Gasteiger partial charge in [0, 0.05) is 5.69 Å². The van der Waals surface area contributed by atoms with Gasteiger partial charge in [-0.3, -0.25) is 4.79 Å². The molecule has 1 aromatic heterocycles. The molecular formula is C23H20FN5OS. The third-order valence-corrected chi connectivity index (χ3v) is 6.11. The van der Waals surface area contributed by atoms with E-state index in [0.717, 1.165) is 22.4 Å². The first-order chi connectivity index (χ1) is 15.0.